The van der Waals surface area contributed by atoms with Gasteiger partial charge in [-0.2, -0.15) is 0 Å². The number of nitrogens with one attached hydrogen (secondary N) is 1. The van der Waals surface area contributed by atoms with E-state index in [-0.39, 0.29) is 0 Å². The fourth-order valence-corrected chi connectivity index (χ4v) is 5.68. The van der Waals surface area contributed by atoms with Crippen LogP contribution in [0.5, 0.6) is 0 Å². The number of hydrogen-bond donors (Lipinski definition) is 1. The average molecular weight is 565 g/mol. The topological polar surface area (TPSA) is 15.3 Å². The molecule has 0 saturated carbocycles. The van der Waals surface area contributed by atoms with E-state index in [0.29, 0.717) is 0 Å². The summed E-state index contributed by atoms with van der Waals surface area (Å²) in [4.78, 5) is 2.49. The summed E-state index contributed by atoms with van der Waals surface area (Å²) in [6.45, 7) is 3.35. The van der Waals surface area contributed by atoms with Gasteiger partial charge in [0, 0.05) is 40.1 Å². The van der Waals surface area contributed by atoms with Gasteiger partial charge in [-0.25, -0.2) is 0 Å². The zero-order valence-corrected chi connectivity index (χ0v) is 25.5. The third kappa shape index (κ3) is 8.49. The summed E-state index contributed by atoms with van der Waals surface area (Å²) in [6, 6.07) is 51.1. The fraction of sp³-hybridized carbons (Fsp3) is 0.220. The number of nitrogens with zero attached hydrogens (tertiary/aromatic N) is 1. The smallest absolute Gasteiger partial charge is 0.0490 e. The van der Waals surface area contributed by atoms with E-state index in [1.165, 1.54) is 77.9 Å². The summed E-state index contributed by atoms with van der Waals surface area (Å²) in [5.41, 5.74) is 4.87. The van der Waals surface area contributed by atoms with Crippen LogP contribution in [0, 0.1) is 0 Å². The Bertz CT molecular complexity index is 1650. The number of rotatable bonds is 12. The van der Waals surface area contributed by atoms with E-state index in [2.05, 4.69) is 145 Å². The summed E-state index contributed by atoms with van der Waals surface area (Å²) >= 11 is 0. The van der Waals surface area contributed by atoms with Crippen LogP contribution in [0.15, 0.2) is 146 Å². The molecule has 0 unspecified atom stereocenters. The van der Waals surface area contributed by atoms with Crippen molar-refractivity contribution in [3.05, 3.63) is 146 Å². The lowest BCUT2D eigenvalue weighted by Crippen LogP contribution is -2.18. The maximum Gasteiger partial charge on any atom is 0.0490 e. The molecular formula is C41H44N2. The van der Waals surface area contributed by atoms with Gasteiger partial charge in [-0.15, -0.1) is 0 Å². The van der Waals surface area contributed by atoms with Crippen LogP contribution in [0.1, 0.15) is 51.9 Å². The van der Waals surface area contributed by atoms with Crippen molar-refractivity contribution in [3.8, 4) is 0 Å². The third-order valence-electron chi connectivity index (χ3n) is 7.95. The van der Waals surface area contributed by atoms with Crippen molar-refractivity contribution in [3.63, 3.8) is 0 Å². The molecular weight excluding hydrogens is 520 g/mol. The van der Waals surface area contributed by atoms with Crippen LogP contribution in [0.25, 0.3) is 21.5 Å². The Morgan fingerprint density at radius 3 is 1.72 bits per heavy atom. The molecule has 0 fully saturated rings. The predicted molar refractivity (Wildman–Crippen MR) is 189 cm³/mol. The molecule has 6 aromatic carbocycles. The zero-order valence-electron chi connectivity index (χ0n) is 25.5. The van der Waals surface area contributed by atoms with Crippen molar-refractivity contribution >= 4 is 44.3 Å². The molecule has 0 aliphatic heterocycles. The van der Waals surface area contributed by atoms with Crippen LogP contribution >= 0.6 is 0 Å². The van der Waals surface area contributed by atoms with E-state index in [9.17, 15) is 0 Å². The normalized spacial score (nSPS) is 10.7. The Balaban J connectivity index is 0.000000186. The Morgan fingerprint density at radius 1 is 0.465 bits per heavy atom. The number of hydrogen-bond acceptors (Lipinski definition) is 2. The second-order valence-corrected chi connectivity index (χ2v) is 11.1. The second kappa shape index (κ2) is 16.2. The molecule has 0 radical (unpaired) electrons. The molecule has 43 heavy (non-hydrogen) atoms. The minimum Gasteiger partial charge on any atom is -0.355 e. The lowest BCUT2D eigenvalue weighted by molar-refractivity contribution is 0.591. The molecule has 2 nitrogen and oxygen atoms in total. The van der Waals surface area contributed by atoms with Crippen molar-refractivity contribution in [2.24, 2.45) is 0 Å². The predicted octanol–water partition coefficient (Wildman–Crippen LogP) is 12.3. The van der Waals surface area contributed by atoms with E-state index in [0.717, 1.165) is 17.9 Å². The van der Waals surface area contributed by atoms with Gasteiger partial charge in [0.25, 0.3) is 0 Å². The van der Waals surface area contributed by atoms with E-state index < -0.39 is 0 Å². The molecule has 0 heterocycles. The van der Waals surface area contributed by atoms with Gasteiger partial charge in [0.1, 0.15) is 0 Å². The average Bonchev–Trinajstić information content (AvgIpc) is 3.07. The molecule has 2 heteroatoms. The van der Waals surface area contributed by atoms with E-state index in [1.54, 1.807) is 0 Å². The van der Waals surface area contributed by atoms with Crippen molar-refractivity contribution in [2.45, 2.75) is 51.9 Å². The molecule has 0 aromatic heterocycles. The van der Waals surface area contributed by atoms with Crippen LogP contribution in [0.3, 0.4) is 0 Å². The highest BCUT2D eigenvalue weighted by molar-refractivity contribution is 5.96. The van der Waals surface area contributed by atoms with Gasteiger partial charge >= 0.3 is 0 Å². The van der Waals surface area contributed by atoms with Gasteiger partial charge in [-0.1, -0.05) is 155 Å². The number of anilines is 4. The van der Waals surface area contributed by atoms with Gasteiger partial charge < -0.3 is 10.2 Å². The molecule has 0 spiro atoms. The number of fused-ring (bicyclic) bond motifs is 2. The van der Waals surface area contributed by atoms with Crippen LogP contribution in [0.4, 0.5) is 22.7 Å². The first-order valence-corrected chi connectivity index (χ1v) is 15.9. The van der Waals surface area contributed by atoms with Crippen molar-refractivity contribution in [1.29, 1.82) is 0 Å². The van der Waals surface area contributed by atoms with E-state index in [1.807, 2.05) is 18.2 Å². The summed E-state index contributed by atoms with van der Waals surface area (Å²) in [5, 5.41) is 8.60. The monoisotopic (exact) mass is 564 g/mol. The summed E-state index contributed by atoms with van der Waals surface area (Å²) in [7, 11) is 0. The van der Waals surface area contributed by atoms with E-state index in [4.69, 9.17) is 0 Å². The lowest BCUT2D eigenvalue weighted by atomic mass is 10.1. The maximum absolute atomic E-state index is 3.45. The van der Waals surface area contributed by atoms with Crippen molar-refractivity contribution < 1.29 is 0 Å². The van der Waals surface area contributed by atoms with E-state index >= 15 is 0 Å². The van der Waals surface area contributed by atoms with Crippen LogP contribution < -0.4 is 10.2 Å². The van der Waals surface area contributed by atoms with Gasteiger partial charge in [0.05, 0.1) is 0 Å². The second-order valence-electron chi connectivity index (χ2n) is 11.1. The quantitative estimate of drug-likeness (QED) is 0.149. The highest BCUT2D eigenvalue weighted by atomic mass is 15.1. The first-order valence-electron chi connectivity index (χ1n) is 15.9. The molecule has 0 bridgehead atoms. The maximum atomic E-state index is 3.45. The highest BCUT2D eigenvalue weighted by Crippen LogP contribution is 2.32. The van der Waals surface area contributed by atoms with Gasteiger partial charge in [-0.3, -0.25) is 0 Å². The minimum atomic E-state index is 1.08. The minimum absolute atomic E-state index is 1.08. The number of benzene rings is 6. The molecule has 218 valence electrons. The Kier molecular flexibility index (Phi) is 11.3. The molecule has 6 rings (SSSR count). The third-order valence-corrected chi connectivity index (χ3v) is 7.95. The standard InChI is InChI=1S/C25H31N.C16H13N/c1-2-3-4-5-6-7-13-21-26(23-17-9-8-10-18-23)25-20-14-16-22-15-11-12-19-24(22)25;1-2-9-14(10-3-1)17-16-12-6-8-13-7-4-5-11-15(13)16/h8-12,14-20H,2-7,13,21H2,1H3;1-12,17H. The Labute approximate surface area is 258 Å². The largest absolute Gasteiger partial charge is 0.355 e. The molecule has 0 amide bonds. The molecule has 0 aliphatic carbocycles. The first-order chi connectivity index (χ1) is 21.3. The summed E-state index contributed by atoms with van der Waals surface area (Å²) in [6.07, 6.45) is 9.39. The van der Waals surface area contributed by atoms with Crippen molar-refractivity contribution in [2.75, 3.05) is 16.8 Å². The van der Waals surface area contributed by atoms with Gasteiger partial charge in [0.15, 0.2) is 0 Å². The zero-order chi connectivity index (χ0) is 29.5. The molecule has 0 saturated heterocycles. The molecule has 0 atom stereocenters. The lowest BCUT2D eigenvalue weighted by Gasteiger charge is -2.26. The molecule has 0 aliphatic rings. The Hall–Kier alpha value is -4.56. The molecule has 1 N–H and O–H groups in total. The van der Waals surface area contributed by atoms with Gasteiger partial charge in [-0.05, 0) is 53.6 Å². The summed E-state index contributed by atoms with van der Waals surface area (Å²) < 4.78 is 0. The van der Waals surface area contributed by atoms with Crippen LogP contribution in [-0.4, -0.2) is 6.54 Å². The van der Waals surface area contributed by atoms with Crippen LogP contribution in [-0.2, 0) is 0 Å². The van der Waals surface area contributed by atoms with Gasteiger partial charge in [0.2, 0.25) is 0 Å². The molecule has 6 aromatic rings. The summed E-state index contributed by atoms with van der Waals surface area (Å²) in [5.74, 6) is 0. The fourth-order valence-electron chi connectivity index (χ4n) is 5.68. The van der Waals surface area contributed by atoms with Crippen LogP contribution in [0.2, 0.25) is 0 Å². The SMILES string of the molecule is CCCCCCCCCN(c1ccccc1)c1cccc2ccccc12.c1ccc(Nc2cccc3ccccc23)cc1. The number of para-hydroxylation sites is 2. The highest BCUT2D eigenvalue weighted by Gasteiger charge is 2.12. The number of unbranched alkanes of at least 4 members (excludes halogenated alkanes) is 6. The van der Waals surface area contributed by atoms with Crippen molar-refractivity contribution in [1.82, 2.24) is 0 Å². The Morgan fingerprint density at radius 2 is 1.00 bits per heavy atom. The first kappa shape index (κ1) is 29.9.